The standard InChI is InChI=1S/C10H13FIN3O2/c11-9-5(3-16)8(17)1-7(9)15-2-6(12)10(13)14-4-15/h2,7-8,16-17H,1,3-4H2,(H2,13,14)/t7-,8+/m0/s1. The molecule has 0 radical (unpaired) electrons. The highest BCUT2D eigenvalue weighted by molar-refractivity contribution is 14.1. The van der Waals surface area contributed by atoms with Gasteiger partial charge >= 0.3 is 0 Å². The number of nitrogens with two attached hydrogens (primary N) is 1. The fourth-order valence-corrected chi connectivity index (χ4v) is 2.50. The van der Waals surface area contributed by atoms with Crippen LogP contribution in [0.3, 0.4) is 0 Å². The van der Waals surface area contributed by atoms with Crippen molar-refractivity contribution in [3.05, 3.63) is 21.2 Å². The maximum atomic E-state index is 13.9. The Balaban J connectivity index is 2.19. The highest BCUT2D eigenvalue weighted by atomic mass is 127. The van der Waals surface area contributed by atoms with Crippen LogP contribution < -0.4 is 5.73 Å². The van der Waals surface area contributed by atoms with Crippen molar-refractivity contribution in [2.45, 2.75) is 18.6 Å². The first-order chi connectivity index (χ1) is 8.04. The van der Waals surface area contributed by atoms with Crippen molar-refractivity contribution in [2.75, 3.05) is 13.3 Å². The van der Waals surface area contributed by atoms with Crippen LogP contribution in [0.5, 0.6) is 0 Å². The van der Waals surface area contributed by atoms with E-state index in [1.807, 2.05) is 22.6 Å². The number of rotatable bonds is 2. The molecule has 1 heterocycles. The summed E-state index contributed by atoms with van der Waals surface area (Å²) in [5.74, 6) is -0.0247. The zero-order valence-corrected chi connectivity index (χ0v) is 11.1. The first-order valence-electron chi connectivity index (χ1n) is 5.15. The van der Waals surface area contributed by atoms with E-state index >= 15 is 0 Å². The molecule has 0 bridgehead atoms. The molecule has 0 spiro atoms. The second kappa shape index (κ2) is 4.91. The molecule has 5 nitrogen and oxygen atoms in total. The van der Waals surface area contributed by atoms with E-state index in [1.54, 1.807) is 11.1 Å². The van der Waals surface area contributed by atoms with Gasteiger partial charge in [0.15, 0.2) is 0 Å². The summed E-state index contributed by atoms with van der Waals surface area (Å²) in [6, 6.07) is -0.561. The molecule has 0 aromatic rings. The van der Waals surface area contributed by atoms with Gasteiger partial charge in [-0.2, -0.15) is 0 Å². The molecule has 0 aromatic carbocycles. The average molecular weight is 353 g/mol. The predicted octanol–water partition coefficient (Wildman–Crippen LogP) is 0.242. The lowest BCUT2D eigenvalue weighted by molar-refractivity contribution is 0.168. The number of aliphatic imine (C=N–C) groups is 1. The van der Waals surface area contributed by atoms with E-state index in [1.165, 1.54) is 0 Å². The van der Waals surface area contributed by atoms with E-state index in [0.29, 0.717) is 5.84 Å². The van der Waals surface area contributed by atoms with Crippen LogP contribution in [0, 0.1) is 0 Å². The van der Waals surface area contributed by atoms with Gasteiger partial charge in [-0.25, -0.2) is 9.38 Å². The third-order valence-corrected chi connectivity index (χ3v) is 3.78. The summed E-state index contributed by atoms with van der Waals surface area (Å²) in [4.78, 5) is 5.74. The zero-order chi connectivity index (χ0) is 12.6. The van der Waals surface area contributed by atoms with E-state index in [0.717, 1.165) is 3.58 Å². The fourth-order valence-electron chi connectivity index (χ4n) is 1.97. The van der Waals surface area contributed by atoms with Crippen LogP contribution in [0.2, 0.25) is 0 Å². The van der Waals surface area contributed by atoms with Gasteiger partial charge in [-0.1, -0.05) is 0 Å². The van der Waals surface area contributed by atoms with Crippen molar-refractivity contribution < 1.29 is 14.6 Å². The topological polar surface area (TPSA) is 82.1 Å². The lowest BCUT2D eigenvalue weighted by Gasteiger charge is -2.28. The van der Waals surface area contributed by atoms with Crippen molar-refractivity contribution in [1.82, 2.24) is 4.90 Å². The van der Waals surface area contributed by atoms with Gasteiger partial charge in [0.1, 0.15) is 18.3 Å². The Morgan fingerprint density at radius 1 is 1.65 bits per heavy atom. The minimum absolute atomic E-state index is 0.0703. The molecular weight excluding hydrogens is 340 g/mol. The molecule has 2 aliphatic rings. The Hall–Kier alpha value is -0.670. The fraction of sp³-hybridized carbons (Fsp3) is 0.500. The molecule has 94 valence electrons. The van der Waals surface area contributed by atoms with E-state index < -0.39 is 24.6 Å². The Morgan fingerprint density at radius 3 is 2.88 bits per heavy atom. The lowest BCUT2D eigenvalue weighted by Crippen LogP contribution is -2.35. The first kappa shape index (κ1) is 12.8. The molecule has 7 heteroatoms. The molecule has 0 unspecified atom stereocenters. The second-order valence-corrected chi connectivity index (χ2v) is 5.14. The Bertz CT molecular complexity index is 422. The molecule has 0 amide bonds. The highest BCUT2D eigenvalue weighted by Gasteiger charge is 2.36. The van der Waals surface area contributed by atoms with Crippen molar-refractivity contribution in [3.8, 4) is 0 Å². The van der Waals surface area contributed by atoms with E-state index in [-0.39, 0.29) is 18.7 Å². The number of hydrogen-bond acceptors (Lipinski definition) is 5. The van der Waals surface area contributed by atoms with Crippen LogP contribution in [0.1, 0.15) is 6.42 Å². The Morgan fingerprint density at radius 2 is 2.35 bits per heavy atom. The summed E-state index contributed by atoms with van der Waals surface area (Å²) in [7, 11) is 0. The number of amidine groups is 1. The Labute approximate surface area is 112 Å². The minimum atomic E-state index is -0.917. The number of aliphatic hydroxyl groups is 2. The lowest BCUT2D eigenvalue weighted by atomic mass is 10.2. The van der Waals surface area contributed by atoms with Gasteiger partial charge in [-0.05, 0) is 22.6 Å². The smallest absolute Gasteiger partial charge is 0.135 e. The van der Waals surface area contributed by atoms with Crippen LogP contribution in [0.15, 0.2) is 26.2 Å². The summed E-state index contributed by atoms with van der Waals surface area (Å²) in [5, 5.41) is 18.6. The highest BCUT2D eigenvalue weighted by Crippen LogP contribution is 2.33. The van der Waals surface area contributed by atoms with E-state index in [4.69, 9.17) is 10.8 Å². The number of hydrogen-bond donors (Lipinski definition) is 3. The summed E-state index contributed by atoms with van der Waals surface area (Å²) in [6.07, 6.45) is 1.04. The molecule has 0 aromatic heterocycles. The van der Waals surface area contributed by atoms with E-state index in [2.05, 4.69) is 4.99 Å². The van der Waals surface area contributed by atoms with Crippen molar-refractivity contribution in [1.29, 1.82) is 0 Å². The molecule has 4 N–H and O–H groups in total. The quantitative estimate of drug-likeness (QED) is 0.622. The molecule has 17 heavy (non-hydrogen) atoms. The second-order valence-electron chi connectivity index (χ2n) is 3.97. The average Bonchev–Trinajstić information content (AvgIpc) is 2.58. The van der Waals surface area contributed by atoms with Crippen LogP contribution >= 0.6 is 22.6 Å². The summed E-state index contributed by atoms with van der Waals surface area (Å²) in [6.45, 7) is -0.189. The van der Waals surface area contributed by atoms with Gasteiger partial charge in [-0.15, -0.1) is 0 Å². The largest absolute Gasteiger partial charge is 0.392 e. The summed E-state index contributed by atoms with van der Waals surface area (Å²) in [5.41, 5.74) is 5.68. The molecule has 1 aliphatic carbocycles. The number of halogens is 2. The van der Waals surface area contributed by atoms with Crippen molar-refractivity contribution >= 4 is 28.4 Å². The van der Waals surface area contributed by atoms with Gasteiger partial charge in [-0.3, -0.25) is 0 Å². The predicted molar refractivity (Wildman–Crippen MR) is 70.1 cm³/mol. The molecule has 0 saturated heterocycles. The minimum Gasteiger partial charge on any atom is -0.392 e. The van der Waals surface area contributed by atoms with Crippen LogP contribution in [0.25, 0.3) is 0 Å². The first-order valence-corrected chi connectivity index (χ1v) is 6.23. The summed E-state index contributed by atoms with van der Waals surface area (Å²) >= 11 is 2.02. The van der Waals surface area contributed by atoms with Gasteiger partial charge in [0.05, 0.1) is 22.3 Å². The maximum Gasteiger partial charge on any atom is 0.135 e. The maximum absolute atomic E-state index is 13.9. The number of nitrogens with zero attached hydrogens (tertiary/aromatic N) is 2. The molecule has 1 aliphatic heterocycles. The monoisotopic (exact) mass is 353 g/mol. The van der Waals surface area contributed by atoms with Crippen molar-refractivity contribution in [3.63, 3.8) is 0 Å². The molecular formula is C10H13FIN3O2. The van der Waals surface area contributed by atoms with E-state index in [9.17, 15) is 9.50 Å². The van der Waals surface area contributed by atoms with Gasteiger partial charge in [0.2, 0.25) is 0 Å². The van der Waals surface area contributed by atoms with Crippen molar-refractivity contribution in [2.24, 2.45) is 10.7 Å². The molecule has 0 saturated carbocycles. The third-order valence-electron chi connectivity index (χ3n) is 2.95. The zero-order valence-electron chi connectivity index (χ0n) is 8.98. The Kier molecular flexibility index (Phi) is 3.69. The summed E-state index contributed by atoms with van der Waals surface area (Å²) < 4.78 is 14.7. The molecule has 0 fully saturated rings. The molecule has 2 rings (SSSR count). The van der Waals surface area contributed by atoms with Crippen LogP contribution in [-0.2, 0) is 0 Å². The van der Waals surface area contributed by atoms with Gasteiger partial charge < -0.3 is 20.8 Å². The number of aliphatic hydroxyl groups excluding tert-OH is 2. The molecule has 2 atom stereocenters. The normalized spacial score (nSPS) is 29.5. The van der Waals surface area contributed by atoms with Gasteiger partial charge in [0, 0.05) is 18.2 Å². The van der Waals surface area contributed by atoms with Crippen LogP contribution in [-0.4, -0.2) is 46.4 Å². The van der Waals surface area contributed by atoms with Crippen LogP contribution in [0.4, 0.5) is 4.39 Å². The van der Waals surface area contributed by atoms with Gasteiger partial charge in [0.25, 0.3) is 0 Å². The third kappa shape index (κ3) is 2.31. The SMILES string of the molecule is NC1=NCN([C@H]2C[C@@H](O)C(CO)=C2F)C=C1I.